The van der Waals surface area contributed by atoms with Gasteiger partial charge in [-0.1, -0.05) is 42.5 Å². The van der Waals surface area contributed by atoms with Gasteiger partial charge in [-0.05, 0) is 24.8 Å². The van der Waals surface area contributed by atoms with E-state index in [9.17, 15) is 9.59 Å². The maximum Gasteiger partial charge on any atom is 0.411 e. The first kappa shape index (κ1) is 19.4. The van der Waals surface area contributed by atoms with Crippen LogP contribution in [0.4, 0.5) is 4.79 Å². The minimum atomic E-state index is -0.306. The summed E-state index contributed by atoms with van der Waals surface area (Å²) in [5.41, 5.74) is 1.10. The molecular formula is C19H25NO4S. The predicted molar refractivity (Wildman–Crippen MR) is 99.3 cm³/mol. The molecule has 1 fully saturated rings. The summed E-state index contributed by atoms with van der Waals surface area (Å²) in [5.74, 6) is 0.673. The summed E-state index contributed by atoms with van der Waals surface area (Å²) >= 11 is 1.74. The van der Waals surface area contributed by atoms with Crippen LogP contribution < -0.4 is 0 Å². The molecule has 1 aliphatic rings. The maximum atomic E-state index is 12.3. The molecule has 1 heterocycles. The second-order valence-corrected chi connectivity index (χ2v) is 6.90. The third-order valence-electron chi connectivity index (χ3n) is 4.09. The van der Waals surface area contributed by atoms with Gasteiger partial charge in [0.1, 0.15) is 5.37 Å². The fourth-order valence-electron chi connectivity index (χ4n) is 2.77. The van der Waals surface area contributed by atoms with Crippen LogP contribution in [0.15, 0.2) is 42.5 Å². The molecule has 0 aliphatic carbocycles. The van der Waals surface area contributed by atoms with Crippen molar-refractivity contribution in [2.75, 3.05) is 20.0 Å². The summed E-state index contributed by atoms with van der Waals surface area (Å²) in [6.45, 7) is 0. The number of amides is 1. The lowest BCUT2D eigenvalue weighted by Crippen LogP contribution is -2.36. The molecule has 1 aromatic carbocycles. The lowest BCUT2D eigenvalue weighted by molar-refractivity contribution is -0.140. The molecule has 0 radical (unpaired) electrons. The Morgan fingerprint density at radius 1 is 1.20 bits per heavy atom. The molecule has 6 heteroatoms. The van der Waals surface area contributed by atoms with Crippen molar-refractivity contribution in [2.45, 2.75) is 37.1 Å². The fourth-order valence-corrected chi connectivity index (χ4v) is 4.17. The summed E-state index contributed by atoms with van der Waals surface area (Å²) in [5, 5.41) is -0.0253. The van der Waals surface area contributed by atoms with E-state index >= 15 is 0 Å². The van der Waals surface area contributed by atoms with Gasteiger partial charge in [-0.3, -0.25) is 9.69 Å². The van der Waals surface area contributed by atoms with E-state index in [-0.39, 0.29) is 23.5 Å². The van der Waals surface area contributed by atoms with Gasteiger partial charge in [0.15, 0.2) is 0 Å². The standard InChI is InChI=1S/C19H25NO4S/c1-23-17(21)13-9-4-3-8-12-16-14-25-18(20(16)19(22)24-2)15-10-6-5-7-11-15/h5-8,10-12,16,18H,3-4,9,13-14H2,1-2H3/b12-8+/t16-,18-/m1/s1. The molecule has 136 valence electrons. The summed E-state index contributed by atoms with van der Waals surface area (Å²) in [7, 11) is 2.82. The SMILES string of the molecule is COC(=O)CCCC/C=C/[C@@H]1CS[C@H](c2ccccc2)N1C(=O)OC. The zero-order chi connectivity index (χ0) is 18.1. The van der Waals surface area contributed by atoms with Crippen molar-refractivity contribution in [3.05, 3.63) is 48.0 Å². The van der Waals surface area contributed by atoms with Crippen LogP contribution in [0, 0.1) is 0 Å². The Labute approximate surface area is 153 Å². The zero-order valence-electron chi connectivity index (χ0n) is 14.7. The number of hydrogen-bond donors (Lipinski definition) is 0. The Hall–Kier alpha value is -1.95. The molecule has 1 amide bonds. The van der Waals surface area contributed by atoms with Crippen molar-refractivity contribution in [3.8, 4) is 0 Å². The highest BCUT2D eigenvalue weighted by Gasteiger charge is 2.37. The second kappa shape index (κ2) is 10.1. The summed E-state index contributed by atoms with van der Waals surface area (Å²) in [4.78, 5) is 25.1. The third-order valence-corrected chi connectivity index (χ3v) is 5.44. The highest BCUT2D eigenvalue weighted by Crippen LogP contribution is 2.42. The molecule has 0 unspecified atom stereocenters. The number of esters is 1. The van der Waals surface area contributed by atoms with Crippen molar-refractivity contribution in [1.29, 1.82) is 0 Å². The van der Waals surface area contributed by atoms with Gasteiger partial charge in [-0.15, -0.1) is 11.8 Å². The van der Waals surface area contributed by atoms with Crippen LogP contribution in [0.5, 0.6) is 0 Å². The Balaban J connectivity index is 1.92. The topological polar surface area (TPSA) is 55.8 Å². The molecule has 0 saturated carbocycles. The first-order valence-electron chi connectivity index (χ1n) is 8.43. The monoisotopic (exact) mass is 363 g/mol. The quantitative estimate of drug-likeness (QED) is 0.414. The van der Waals surface area contributed by atoms with E-state index in [0.717, 1.165) is 30.6 Å². The van der Waals surface area contributed by atoms with Crippen LogP contribution >= 0.6 is 11.8 Å². The number of thioether (sulfide) groups is 1. The molecule has 25 heavy (non-hydrogen) atoms. The van der Waals surface area contributed by atoms with Gasteiger partial charge in [-0.2, -0.15) is 0 Å². The molecule has 5 nitrogen and oxygen atoms in total. The molecule has 0 spiro atoms. The van der Waals surface area contributed by atoms with Crippen molar-refractivity contribution in [1.82, 2.24) is 4.90 Å². The predicted octanol–water partition coefficient (Wildman–Crippen LogP) is 4.16. The molecule has 1 aromatic rings. The van der Waals surface area contributed by atoms with Crippen molar-refractivity contribution in [2.24, 2.45) is 0 Å². The smallest absolute Gasteiger partial charge is 0.411 e. The number of methoxy groups -OCH3 is 2. The van der Waals surface area contributed by atoms with Gasteiger partial charge >= 0.3 is 12.1 Å². The number of rotatable bonds is 7. The fraction of sp³-hybridized carbons (Fsp3) is 0.474. The van der Waals surface area contributed by atoms with E-state index < -0.39 is 0 Å². The van der Waals surface area contributed by atoms with Crippen LogP contribution in [-0.4, -0.2) is 43.0 Å². The van der Waals surface area contributed by atoms with Crippen molar-refractivity contribution < 1.29 is 19.1 Å². The normalized spacial score (nSPS) is 20.0. The maximum absolute atomic E-state index is 12.3. The van der Waals surface area contributed by atoms with Gasteiger partial charge in [0.25, 0.3) is 0 Å². The van der Waals surface area contributed by atoms with E-state index in [1.54, 1.807) is 16.7 Å². The average molecular weight is 363 g/mol. The van der Waals surface area contributed by atoms with Crippen LogP contribution in [0.25, 0.3) is 0 Å². The zero-order valence-corrected chi connectivity index (χ0v) is 15.5. The number of benzene rings is 1. The largest absolute Gasteiger partial charge is 0.469 e. The number of ether oxygens (including phenoxy) is 2. The number of unbranched alkanes of at least 4 members (excludes halogenated alkanes) is 2. The van der Waals surface area contributed by atoms with Crippen molar-refractivity contribution >= 4 is 23.8 Å². The average Bonchev–Trinajstić information content (AvgIpc) is 3.08. The molecule has 0 bridgehead atoms. The van der Waals surface area contributed by atoms with E-state index in [0.29, 0.717) is 6.42 Å². The Morgan fingerprint density at radius 2 is 1.96 bits per heavy atom. The Kier molecular flexibility index (Phi) is 7.85. The van der Waals surface area contributed by atoms with E-state index in [2.05, 4.69) is 16.9 Å². The first-order chi connectivity index (χ1) is 12.2. The Bertz CT molecular complexity index is 590. The van der Waals surface area contributed by atoms with E-state index in [1.165, 1.54) is 14.2 Å². The van der Waals surface area contributed by atoms with Crippen molar-refractivity contribution in [3.63, 3.8) is 0 Å². The molecular weight excluding hydrogens is 338 g/mol. The highest BCUT2D eigenvalue weighted by atomic mass is 32.2. The van der Waals surface area contributed by atoms with E-state index in [4.69, 9.17) is 4.74 Å². The van der Waals surface area contributed by atoms with Gasteiger partial charge in [0.05, 0.1) is 20.3 Å². The summed E-state index contributed by atoms with van der Waals surface area (Å²) in [6.07, 6.45) is 6.92. The number of carbonyl (C=O) groups excluding carboxylic acids is 2. The lowest BCUT2D eigenvalue weighted by atomic mass is 10.1. The van der Waals surface area contributed by atoms with Crippen LogP contribution in [-0.2, 0) is 14.3 Å². The molecule has 0 N–H and O–H groups in total. The molecule has 1 saturated heterocycles. The van der Waals surface area contributed by atoms with Crippen LogP contribution in [0.2, 0.25) is 0 Å². The number of nitrogens with zero attached hydrogens (tertiary/aromatic N) is 1. The molecule has 1 aliphatic heterocycles. The van der Waals surface area contributed by atoms with Crippen LogP contribution in [0.3, 0.4) is 0 Å². The third kappa shape index (κ3) is 5.53. The summed E-state index contributed by atoms with van der Waals surface area (Å²) in [6, 6.07) is 10.0. The minimum Gasteiger partial charge on any atom is -0.469 e. The second-order valence-electron chi connectivity index (χ2n) is 5.79. The number of allylic oxidation sites excluding steroid dienone is 1. The summed E-state index contributed by atoms with van der Waals surface area (Å²) < 4.78 is 9.61. The number of carbonyl (C=O) groups is 2. The Morgan fingerprint density at radius 3 is 2.64 bits per heavy atom. The number of hydrogen-bond acceptors (Lipinski definition) is 5. The van der Waals surface area contributed by atoms with Gasteiger partial charge in [-0.25, -0.2) is 4.79 Å². The van der Waals surface area contributed by atoms with Crippen LogP contribution in [0.1, 0.15) is 36.6 Å². The highest BCUT2D eigenvalue weighted by molar-refractivity contribution is 7.99. The molecule has 2 rings (SSSR count). The van der Waals surface area contributed by atoms with Gasteiger partial charge < -0.3 is 9.47 Å². The van der Waals surface area contributed by atoms with Gasteiger partial charge in [0, 0.05) is 12.2 Å². The van der Waals surface area contributed by atoms with Gasteiger partial charge in [0.2, 0.25) is 0 Å². The lowest BCUT2D eigenvalue weighted by Gasteiger charge is -2.26. The molecule has 2 atom stereocenters. The minimum absolute atomic E-state index is 0.0169. The van der Waals surface area contributed by atoms with E-state index in [1.807, 2.05) is 30.3 Å². The first-order valence-corrected chi connectivity index (χ1v) is 9.48. The molecule has 0 aromatic heterocycles.